The van der Waals surface area contributed by atoms with Crippen LogP contribution in [-0.2, 0) is 38.7 Å². The first-order valence-electron chi connectivity index (χ1n) is 20.3. The van der Waals surface area contributed by atoms with Gasteiger partial charge in [-0.2, -0.15) is 8.42 Å². The molecule has 55 heavy (non-hydrogen) atoms. The zero-order chi connectivity index (χ0) is 40.6. The van der Waals surface area contributed by atoms with Crippen LogP contribution in [0.2, 0.25) is 0 Å². The number of aliphatic hydroxyl groups is 3. The summed E-state index contributed by atoms with van der Waals surface area (Å²) in [4.78, 5) is 25.2. The minimum Gasteiger partial charge on any atom is -0.462 e. The van der Waals surface area contributed by atoms with Crippen LogP contribution in [0, 0.1) is 0 Å². The Kier molecular flexibility index (Phi) is 29.7. The van der Waals surface area contributed by atoms with E-state index in [4.69, 9.17) is 18.9 Å². The summed E-state index contributed by atoms with van der Waals surface area (Å²) in [6.45, 7) is 3.53. The first-order chi connectivity index (χ1) is 26.5. The van der Waals surface area contributed by atoms with Crippen molar-refractivity contribution in [3.8, 4) is 0 Å². The van der Waals surface area contributed by atoms with Gasteiger partial charge in [0.2, 0.25) is 0 Å². The normalized spacial score (nSPS) is 21.5. The van der Waals surface area contributed by atoms with E-state index in [0.29, 0.717) is 12.8 Å². The van der Waals surface area contributed by atoms with E-state index >= 15 is 0 Å². The summed E-state index contributed by atoms with van der Waals surface area (Å²) in [6, 6.07) is 0. The maximum absolute atomic E-state index is 12.7. The van der Waals surface area contributed by atoms with Gasteiger partial charge < -0.3 is 34.3 Å². The lowest BCUT2D eigenvalue weighted by atomic mass is 10.00. The van der Waals surface area contributed by atoms with E-state index in [-0.39, 0.29) is 19.4 Å². The second-order valence-corrected chi connectivity index (χ2v) is 15.4. The third-order valence-electron chi connectivity index (χ3n) is 8.84. The van der Waals surface area contributed by atoms with Crippen molar-refractivity contribution in [3.05, 3.63) is 60.8 Å². The molecule has 3 unspecified atom stereocenters. The summed E-state index contributed by atoms with van der Waals surface area (Å²) in [5, 5.41) is 30.8. The first kappa shape index (κ1) is 50.4. The van der Waals surface area contributed by atoms with E-state index in [1.807, 2.05) is 12.2 Å². The molecule has 12 nitrogen and oxygen atoms in total. The van der Waals surface area contributed by atoms with Gasteiger partial charge in [0.1, 0.15) is 36.8 Å². The molecule has 0 radical (unpaired) electrons. The van der Waals surface area contributed by atoms with Crippen molar-refractivity contribution in [2.45, 2.75) is 173 Å². The van der Waals surface area contributed by atoms with Crippen LogP contribution >= 0.6 is 0 Å². The van der Waals surface area contributed by atoms with Gasteiger partial charge >= 0.3 is 11.9 Å². The van der Waals surface area contributed by atoms with E-state index in [1.165, 1.54) is 38.5 Å². The summed E-state index contributed by atoms with van der Waals surface area (Å²) in [5.41, 5.74) is 0. The van der Waals surface area contributed by atoms with Gasteiger partial charge in [0.05, 0.1) is 6.61 Å². The molecule has 1 saturated heterocycles. The number of aliphatic hydroxyl groups excluding tert-OH is 3. The van der Waals surface area contributed by atoms with Crippen LogP contribution < -0.4 is 0 Å². The van der Waals surface area contributed by atoms with Gasteiger partial charge in [-0.15, -0.1) is 0 Å². The lowest BCUT2D eigenvalue weighted by molar-refractivity contribution is -0.297. The van der Waals surface area contributed by atoms with Crippen molar-refractivity contribution < 1.29 is 56.8 Å². The average Bonchev–Trinajstić information content (AvgIpc) is 3.14. The molecule has 1 rings (SSSR count). The quantitative estimate of drug-likeness (QED) is 0.0229. The molecule has 4 N–H and O–H groups in total. The molecule has 0 aromatic heterocycles. The lowest BCUT2D eigenvalue weighted by Gasteiger charge is -2.40. The summed E-state index contributed by atoms with van der Waals surface area (Å²) in [5.74, 6) is -2.11. The van der Waals surface area contributed by atoms with Crippen molar-refractivity contribution in [3.63, 3.8) is 0 Å². The molecule has 1 aliphatic heterocycles. The Labute approximate surface area is 330 Å². The van der Waals surface area contributed by atoms with Crippen molar-refractivity contribution >= 4 is 22.1 Å². The largest absolute Gasteiger partial charge is 0.462 e. The second kappa shape index (κ2) is 32.4. The molecular formula is C42H70O12S. The van der Waals surface area contributed by atoms with Crippen molar-refractivity contribution in [1.29, 1.82) is 0 Å². The van der Waals surface area contributed by atoms with Gasteiger partial charge in [0.15, 0.2) is 12.4 Å². The van der Waals surface area contributed by atoms with Crippen molar-refractivity contribution in [2.75, 3.05) is 19.0 Å². The molecule has 1 heterocycles. The number of carbonyl (C=O) groups is 2. The van der Waals surface area contributed by atoms with Crippen LogP contribution in [0.15, 0.2) is 60.8 Å². The number of hydrogen-bond acceptors (Lipinski definition) is 11. The number of ether oxygens (including phenoxy) is 4. The SMILES string of the molecule is CC/C=C/C/C=C/C/C=C/CCCCCCC(=O)OCC(CO[C@H]1O[C@H](CS(=O)(=O)O)[C@@H](O)C(O)C1O)OC(=O)CC/C=C/C/C=C/CCCCCCCC. The summed E-state index contributed by atoms with van der Waals surface area (Å²) in [7, 11) is -4.61. The Morgan fingerprint density at radius 3 is 1.78 bits per heavy atom. The Morgan fingerprint density at radius 1 is 0.636 bits per heavy atom. The number of hydrogen-bond donors (Lipinski definition) is 4. The van der Waals surface area contributed by atoms with Crippen LogP contribution in [0.4, 0.5) is 0 Å². The highest BCUT2D eigenvalue weighted by Gasteiger charge is 2.46. The molecule has 13 heteroatoms. The molecule has 1 aliphatic rings. The fourth-order valence-corrected chi connectivity index (χ4v) is 6.37. The standard InChI is InChI=1S/C42H70O12S/c1-3-5-7-9-11-13-15-17-19-20-22-24-26-28-30-37(43)51-32-35(33-52-42-41(47)40(46)39(45)36(54-42)34-55(48,49)50)53-38(44)31-29-27-25-23-21-18-16-14-12-10-8-6-4-2/h5,7,11,13,17-19,21,25,27,35-36,39-42,45-47H,3-4,6,8-10,12,14-16,20,22-24,26,28-34H2,1-2H3,(H,48,49,50)/b7-5+,13-11+,19-17+,21-18+,27-25+/t35?,36-,39-,40?,41?,42+/m1/s1. The lowest BCUT2D eigenvalue weighted by Crippen LogP contribution is -2.60. The van der Waals surface area contributed by atoms with E-state index < -0.39 is 71.2 Å². The van der Waals surface area contributed by atoms with E-state index in [9.17, 15) is 37.9 Å². The minimum atomic E-state index is -4.61. The van der Waals surface area contributed by atoms with Gasteiger partial charge in [0, 0.05) is 12.8 Å². The van der Waals surface area contributed by atoms with Gasteiger partial charge in [-0.05, 0) is 64.2 Å². The van der Waals surface area contributed by atoms with Crippen LogP contribution in [0.1, 0.15) is 136 Å². The topological polar surface area (TPSA) is 186 Å². The van der Waals surface area contributed by atoms with Crippen LogP contribution in [0.25, 0.3) is 0 Å². The second-order valence-electron chi connectivity index (χ2n) is 13.9. The highest BCUT2D eigenvalue weighted by molar-refractivity contribution is 7.85. The molecule has 0 aromatic carbocycles. The number of unbranched alkanes of at least 4 members (excludes halogenated alkanes) is 10. The maximum atomic E-state index is 12.7. The van der Waals surface area contributed by atoms with E-state index in [1.54, 1.807) is 0 Å². The van der Waals surface area contributed by atoms with Gasteiger partial charge in [0.25, 0.3) is 10.1 Å². The Hall–Kier alpha value is -2.65. The van der Waals surface area contributed by atoms with Crippen LogP contribution in [0.3, 0.4) is 0 Å². The zero-order valence-electron chi connectivity index (χ0n) is 33.3. The maximum Gasteiger partial charge on any atom is 0.306 e. The fourth-order valence-electron chi connectivity index (χ4n) is 5.68. The third kappa shape index (κ3) is 27.6. The van der Waals surface area contributed by atoms with E-state index in [0.717, 1.165) is 57.8 Å². The highest BCUT2D eigenvalue weighted by atomic mass is 32.2. The Morgan fingerprint density at radius 2 is 1.18 bits per heavy atom. The highest BCUT2D eigenvalue weighted by Crippen LogP contribution is 2.23. The predicted molar refractivity (Wildman–Crippen MR) is 215 cm³/mol. The molecule has 0 amide bonds. The summed E-state index contributed by atoms with van der Waals surface area (Å²) < 4.78 is 53.8. The minimum absolute atomic E-state index is 0.0504. The monoisotopic (exact) mass is 798 g/mol. The van der Waals surface area contributed by atoms with Crippen molar-refractivity contribution in [1.82, 2.24) is 0 Å². The van der Waals surface area contributed by atoms with Gasteiger partial charge in [-0.25, -0.2) is 0 Å². The zero-order valence-corrected chi connectivity index (χ0v) is 34.1. The summed E-state index contributed by atoms with van der Waals surface area (Å²) >= 11 is 0. The van der Waals surface area contributed by atoms with Crippen LogP contribution in [-0.4, -0.2) is 96.0 Å². The van der Waals surface area contributed by atoms with Crippen LogP contribution in [0.5, 0.6) is 0 Å². The smallest absolute Gasteiger partial charge is 0.306 e. The molecule has 0 aromatic rings. The first-order valence-corrected chi connectivity index (χ1v) is 22.0. The molecular weight excluding hydrogens is 729 g/mol. The molecule has 0 bridgehead atoms. The van der Waals surface area contributed by atoms with Gasteiger partial charge in [-0.1, -0.05) is 120 Å². The number of esters is 2. The molecule has 6 atom stereocenters. The van der Waals surface area contributed by atoms with Gasteiger partial charge in [-0.3, -0.25) is 14.1 Å². The molecule has 0 aliphatic carbocycles. The predicted octanol–water partition coefficient (Wildman–Crippen LogP) is 7.39. The molecule has 316 valence electrons. The number of carbonyl (C=O) groups excluding carboxylic acids is 2. The third-order valence-corrected chi connectivity index (χ3v) is 9.59. The summed E-state index contributed by atoms with van der Waals surface area (Å²) in [6.07, 6.45) is 28.6. The fraction of sp³-hybridized carbons (Fsp3) is 0.714. The van der Waals surface area contributed by atoms with E-state index in [2.05, 4.69) is 62.5 Å². The molecule has 0 spiro atoms. The number of allylic oxidation sites excluding steroid dienone is 10. The number of rotatable bonds is 32. The Bertz CT molecular complexity index is 1260. The molecule has 0 saturated carbocycles. The Balaban J connectivity index is 2.56. The van der Waals surface area contributed by atoms with Crippen molar-refractivity contribution in [2.24, 2.45) is 0 Å². The average molecular weight is 799 g/mol. The molecule has 1 fully saturated rings.